The zero-order chi connectivity index (χ0) is 12.9. The molecule has 0 radical (unpaired) electrons. The molecule has 4 N–H and O–H groups in total. The van der Waals surface area contributed by atoms with Crippen molar-refractivity contribution in [3.05, 3.63) is 35.4 Å². The summed E-state index contributed by atoms with van der Waals surface area (Å²) >= 11 is 0. The maximum atomic E-state index is 10.9. The van der Waals surface area contributed by atoms with Crippen LogP contribution in [0.4, 0.5) is 0 Å². The van der Waals surface area contributed by atoms with E-state index in [1.165, 1.54) is 0 Å². The Morgan fingerprint density at radius 2 is 1.94 bits per heavy atom. The summed E-state index contributed by atoms with van der Waals surface area (Å²) in [4.78, 5) is 10.9. The number of ether oxygens (including phenoxy) is 1. The van der Waals surface area contributed by atoms with Gasteiger partial charge in [-0.05, 0) is 31.0 Å². The van der Waals surface area contributed by atoms with Gasteiger partial charge in [0.1, 0.15) is 0 Å². The molecule has 1 rings (SSSR count). The van der Waals surface area contributed by atoms with Gasteiger partial charge >= 0.3 is 0 Å². The Bertz CT molecular complexity index is 372. The average molecular weight is 236 g/mol. The molecule has 1 atom stereocenters. The topological polar surface area (TPSA) is 78.3 Å². The third kappa shape index (κ3) is 4.54. The molecule has 1 aromatic carbocycles. The SMILES string of the molecule is CCC(C)(N)COCc1ccc(C(N)=O)cc1. The van der Waals surface area contributed by atoms with Crippen LogP contribution in [0.25, 0.3) is 0 Å². The number of primary amides is 1. The lowest BCUT2D eigenvalue weighted by atomic mass is 10.0. The van der Waals surface area contributed by atoms with E-state index >= 15 is 0 Å². The normalized spacial score (nSPS) is 14.3. The van der Waals surface area contributed by atoms with Crippen LogP contribution in [0.2, 0.25) is 0 Å². The minimum absolute atomic E-state index is 0.285. The van der Waals surface area contributed by atoms with Crippen LogP contribution < -0.4 is 11.5 Å². The molecule has 4 nitrogen and oxygen atoms in total. The molecule has 0 aliphatic carbocycles. The highest BCUT2D eigenvalue weighted by Crippen LogP contribution is 2.09. The van der Waals surface area contributed by atoms with Gasteiger partial charge < -0.3 is 16.2 Å². The van der Waals surface area contributed by atoms with Gasteiger partial charge in [0.05, 0.1) is 13.2 Å². The summed E-state index contributed by atoms with van der Waals surface area (Å²) in [5, 5.41) is 0. The highest BCUT2D eigenvalue weighted by Gasteiger charge is 2.15. The van der Waals surface area contributed by atoms with E-state index in [4.69, 9.17) is 16.2 Å². The Balaban J connectivity index is 2.45. The van der Waals surface area contributed by atoms with E-state index in [1.54, 1.807) is 12.1 Å². The zero-order valence-corrected chi connectivity index (χ0v) is 10.4. The number of hydrogen-bond donors (Lipinski definition) is 2. The van der Waals surface area contributed by atoms with Crippen LogP contribution in [0.1, 0.15) is 36.2 Å². The van der Waals surface area contributed by atoms with E-state index in [9.17, 15) is 4.79 Å². The van der Waals surface area contributed by atoms with E-state index in [-0.39, 0.29) is 5.54 Å². The maximum Gasteiger partial charge on any atom is 0.248 e. The van der Waals surface area contributed by atoms with Gasteiger partial charge in [-0.2, -0.15) is 0 Å². The fraction of sp³-hybridized carbons (Fsp3) is 0.462. The number of carbonyl (C=O) groups is 1. The average Bonchev–Trinajstić information content (AvgIpc) is 2.29. The molecule has 17 heavy (non-hydrogen) atoms. The Morgan fingerprint density at radius 1 is 1.35 bits per heavy atom. The summed E-state index contributed by atoms with van der Waals surface area (Å²) in [5.41, 5.74) is 12.3. The van der Waals surface area contributed by atoms with E-state index in [1.807, 2.05) is 26.0 Å². The molecule has 1 unspecified atom stereocenters. The third-order valence-electron chi connectivity index (χ3n) is 2.75. The van der Waals surface area contributed by atoms with E-state index in [0.29, 0.717) is 18.8 Å². The van der Waals surface area contributed by atoms with Gasteiger partial charge in [0.15, 0.2) is 0 Å². The fourth-order valence-corrected chi connectivity index (χ4v) is 1.27. The predicted octanol–water partition coefficient (Wildman–Crippen LogP) is 1.43. The minimum Gasteiger partial charge on any atom is -0.375 e. The number of amides is 1. The largest absolute Gasteiger partial charge is 0.375 e. The summed E-state index contributed by atoms with van der Waals surface area (Å²) in [6, 6.07) is 7.06. The van der Waals surface area contributed by atoms with Gasteiger partial charge in [-0.25, -0.2) is 0 Å². The first kappa shape index (κ1) is 13.7. The van der Waals surface area contributed by atoms with Gasteiger partial charge in [0.2, 0.25) is 5.91 Å². The first-order valence-corrected chi connectivity index (χ1v) is 5.70. The van der Waals surface area contributed by atoms with Crippen molar-refractivity contribution >= 4 is 5.91 Å². The number of nitrogens with two attached hydrogens (primary N) is 2. The number of benzene rings is 1. The van der Waals surface area contributed by atoms with Gasteiger partial charge in [0, 0.05) is 11.1 Å². The van der Waals surface area contributed by atoms with Crippen molar-refractivity contribution in [2.24, 2.45) is 11.5 Å². The van der Waals surface area contributed by atoms with Crippen LogP contribution in [-0.2, 0) is 11.3 Å². The first-order valence-electron chi connectivity index (χ1n) is 5.70. The van der Waals surface area contributed by atoms with E-state index in [2.05, 4.69) is 0 Å². The van der Waals surface area contributed by atoms with Gasteiger partial charge in [-0.3, -0.25) is 4.79 Å². The predicted molar refractivity (Wildman–Crippen MR) is 67.5 cm³/mol. The smallest absolute Gasteiger partial charge is 0.248 e. The fourth-order valence-electron chi connectivity index (χ4n) is 1.27. The molecular formula is C13H20N2O2. The van der Waals surface area contributed by atoms with E-state index < -0.39 is 5.91 Å². The van der Waals surface area contributed by atoms with Crippen LogP contribution in [0, 0.1) is 0 Å². The molecule has 0 saturated carbocycles. The second kappa shape index (κ2) is 5.80. The number of carbonyl (C=O) groups excluding carboxylic acids is 1. The first-order chi connectivity index (χ1) is 7.94. The molecule has 0 spiro atoms. The Hall–Kier alpha value is -1.39. The number of rotatable bonds is 6. The lowest BCUT2D eigenvalue weighted by Gasteiger charge is -2.22. The molecule has 0 aromatic heterocycles. The maximum absolute atomic E-state index is 10.9. The van der Waals surface area contributed by atoms with Gasteiger partial charge in [-0.15, -0.1) is 0 Å². The summed E-state index contributed by atoms with van der Waals surface area (Å²) in [5.74, 6) is -0.419. The van der Waals surface area contributed by atoms with Crippen molar-refractivity contribution < 1.29 is 9.53 Å². The summed E-state index contributed by atoms with van der Waals surface area (Å²) < 4.78 is 5.53. The van der Waals surface area contributed by atoms with Crippen molar-refractivity contribution in [2.45, 2.75) is 32.4 Å². The van der Waals surface area contributed by atoms with Crippen LogP contribution >= 0.6 is 0 Å². The molecule has 0 aliphatic rings. The van der Waals surface area contributed by atoms with Gasteiger partial charge in [0.25, 0.3) is 0 Å². The van der Waals surface area contributed by atoms with E-state index in [0.717, 1.165) is 12.0 Å². The molecule has 0 heterocycles. The minimum atomic E-state index is -0.419. The van der Waals surface area contributed by atoms with Crippen LogP contribution in [0.5, 0.6) is 0 Å². The van der Waals surface area contributed by atoms with Crippen molar-refractivity contribution in [1.29, 1.82) is 0 Å². The molecule has 4 heteroatoms. The summed E-state index contributed by atoms with van der Waals surface area (Å²) in [6.07, 6.45) is 0.869. The molecule has 0 saturated heterocycles. The molecular weight excluding hydrogens is 216 g/mol. The second-order valence-electron chi connectivity index (χ2n) is 4.56. The summed E-state index contributed by atoms with van der Waals surface area (Å²) in [6.45, 7) is 5.00. The Labute approximate surface area is 102 Å². The van der Waals surface area contributed by atoms with Crippen LogP contribution in [-0.4, -0.2) is 18.1 Å². The van der Waals surface area contributed by atoms with Crippen molar-refractivity contribution in [3.63, 3.8) is 0 Å². The monoisotopic (exact) mass is 236 g/mol. The molecule has 1 aromatic rings. The highest BCUT2D eigenvalue weighted by atomic mass is 16.5. The third-order valence-corrected chi connectivity index (χ3v) is 2.75. The highest BCUT2D eigenvalue weighted by molar-refractivity contribution is 5.92. The van der Waals surface area contributed by atoms with Crippen LogP contribution in [0.3, 0.4) is 0 Å². The molecule has 94 valence electrons. The zero-order valence-electron chi connectivity index (χ0n) is 10.4. The Kier molecular flexibility index (Phi) is 4.66. The quantitative estimate of drug-likeness (QED) is 0.784. The lowest BCUT2D eigenvalue weighted by Crippen LogP contribution is -2.40. The molecule has 1 amide bonds. The standard InChI is InChI=1S/C13H20N2O2/c1-3-13(2,15)9-17-8-10-4-6-11(7-5-10)12(14)16/h4-7H,3,8-9,15H2,1-2H3,(H2,14,16). The molecule has 0 aliphatic heterocycles. The number of hydrogen-bond acceptors (Lipinski definition) is 3. The van der Waals surface area contributed by atoms with Crippen molar-refractivity contribution in [2.75, 3.05) is 6.61 Å². The van der Waals surface area contributed by atoms with Gasteiger partial charge in [-0.1, -0.05) is 19.1 Å². The van der Waals surface area contributed by atoms with Crippen molar-refractivity contribution in [1.82, 2.24) is 0 Å². The molecule has 0 bridgehead atoms. The summed E-state index contributed by atoms with van der Waals surface area (Å²) in [7, 11) is 0. The van der Waals surface area contributed by atoms with Crippen molar-refractivity contribution in [3.8, 4) is 0 Å². The second-order valence-corrected chi connectivity index (χ2v) is 4.56. The Morgan fingerprint density at radius 3 is 2.41 bits per heavy atom. The molecule has 0 fully saturated rings. The van der Waals surface area contributed by atoms with Crippen LogP contribution in [0.15, 0.2) is 24.3 Å². The lowest BCUT2D eigenvalue weighted by molar-refractivity contribution is 0.0777.